The highest BCUT2D eigenvalue weighted by Crippen LogP contribution is 2.25. The zero-order valence-electron chi connectivity index (χ0n) is 15.4. The Kier molecular flexibility index (Phi) is 5.71. The fourth-order valence-electron chi connectivity index (χ4n) is 2.62. The fourth-order valence-corrected chi connectivity index (χ4v) is 3.33. The van der Waals surface area contributed by atoms with Gasteiger partial charge in [0.05, 0.1) is 5.75 Å². The number of thioether (sulfide) groups is 1. The number of carbonyl (C=O) groups is 2. The summed E-state index contributed by atoms with van der Waals surface area (Å²) >= 11 is 1.35. The van der Waals surface area contributed by atoms with Crippen LogP contribution in [0, 0.1) is 6.92 Å². The largest absolute Gasteiger partial charge is 0.322 e. The van der Waals surface area contributed by atoms with Gasteiger partial charge in [-0.05, 0) is 37.6 Å². The van der Waals surface area contributed by atoms with Crippen molar-refractivity contribution in [2.45, 2.75) is 19.0 Å². The average Bonchev–Trinajstić information content (AvgIpc) is 3.01. The molecule has 0 aliphatic carbocycles. The molecule has 0 unspecified atom stereocenters. The predicted octanol–water partition coefficient (Wildman–Crippen LogP) is 3.72. The molecule has 1 heterocycles. The molecule has 6 nitrogen and oxygen atoms in total. The third-order valence-electron chi connectivity index (χ3n) is 4.01. The van der Waals surface area contributed by atoms with Crippen LogP contribution >= 0.6 is 11.8 Å². The predicted molar refractivity (Wildman–Crippen MR) is 107 cm³/mol. The number of Topliss-reactive ketones (excluding diaryl/α,β-unsaturated/α-hetero) is 1. The van der Waals surface area contributed by atoms with Crippen molar-refractivity contribution in [3.8, 4) is 11.4 Å². The van der Waals surface area contributed by atoms with Crippen molar-refractivity contribution in [3.63, 3.8) is 0 Å². The lowest BCUT2D eigenvalue weighted by Crippen LogP contribution is -2.13. The van der Waals surface area contributed by atoms with Crippen molar-refractivity contribution in [1.29, 1.82) is 0 Å². The van der Waals surface area contributed by atoms with Crippen LogP contribution in [0.25, 0.3) is 11.4 Å². The Morgan fingerprint density at radius 3 is 2.63 bits per heavy atom. The molecular weight excluding hydrogens is 360 g/mol. The summed E-state index contributed by atoms with van der Waals surface area (Å²) in [6.07, 6.45) is 0. The van der Waals surface area contributed by atoms with E-state index in [1.807, 2.05) is 61.0 Å². The molecule has 7 heteroatoms. The normalized spacial score (nSPS) is 10.6. The van der Waals surface area contributed by atoms with Crippen LogP contribution in [0.2, 0.25) is 0 Å². The minimum atomic E-state index is -0.152. The lowest BCUT2D eigenvalue weighted by Gasteiger charge is -2.09. The molecule has 0 spiro atoms. The van der Waals surface area contributed by atoms with Gasteiger partial charge >= 0.3 is 0 Å². The molecule has 0 aliphatic heterocycles. The van der Waals surface area contributed by atoms with Gasteiger partial charge in [0, 0.05) is 23.9 Å². The molecule has 0 radical (unpaired) electrons. The second-order valence-electron chi connectivity index (χ2n) is 6.21. The number of hydrogen-bond donors (Lipinski definition) is 1. The van der Waals surface area contributed by atoms with Crippen LogP contribution in [0.5, 0.6) is 0 Å². The van der Waals surface area contributed by atoms with Gasteiger partial charge in [0.25, 0.3) is 5.91 Å². The first-order valence-electron chi connectivity index (χ1n) is 8.44. The SMILES string of the molecule is CC(=O)CSc1nnc(-c2cccc(NC(=O)c3ccccc3C)c2)n1C. The molecule has 0 saturated carbocycles. The number of anilines is 1. The van der Waals surface area contributed by atoms with Crippen LogP contribution in [0.4, 0.5) is 5.69 Å². The fraction of sp³-hybridized carbons (Fsp3) is 0.200. The number of nitrogens with zero attached hydrogens (tertiary/aromatic N) is 3. The first-order valence-corrected chi connectivity index (χ1v) is 9.43. The number of rotatable bonds is 6. The van der Waals surface area contributed by atoms with Gasteiger partial charge in [0.15, 0.2) is 11.0 Å². The van der Waals surface area contributed by atoms with Gasteiger partial charge in [-0.2, -0.15) is 0 Å². The second kappa shape index (κ2) is 8.18. The monoisotopic (exact) mass is 380 g/mol. The summed E-state index contributed by atoms with van der Waals surface area (Å²) in [5, 5.41) is 12.0. The molecule has 3 aromatic rings. The highest BCUT2D eigenvalue weighted by Gasteiger charge is 2.13. The molecule has 27 heavy (non-hydrogen) atoms. The zero-order valence-corrected chi connectivity index (χ0v) is 16.2. The molecule has 0 bridgehead atoms. The van der Waals surface area contributed by atoms with Crippen molar-refractivity contribution in [3.05, 3.63) is 59.7 Å². The van der Waals surface area contributed by atoms with Gasteiger partial charge in [-0.3, -0.25) is 9.59 Å². The van der Waals surface area contributed by atoms with E-state index in [9.17, 15) is 9.59 Å². The van der Waals surface area contributed by atoms with Crippen molar-refractivity contribution in [2.75, 3.05) is 11.1 Å². The van der Waals surface area contributed by atoms with Crippen molar-refractivity contribution in [2.24, 2.45) is 7.05 Å². The van der Waals surface area contributed by atoms with Crippen LogP contribution in [0.1, 0.15) is 22.8 Å². The van der Waals surface area contributed by atoms with Gasteiger partial charge in [-0.1, -0.05) is 42.1 Å². The molecule has 1 N–H and O–H groups in total. The summed E-state index contributed by atoms with van der Waals surface area (Å²) in [4.78, 5) is 23.7. The molecule has 1 aromatic heterocycles. The quantitative estimate of drug-likeness (QED) is 0.660. The summed E-state index contributed by atoms with van der Waals surface area (Å²) in [7, 11) is 1.86. The standard InChI is InChI=1S/C20H20N4O2S/c1-13-7-4-5-10-17(13)19(26)21-16-9-6-8-15(11-16)18-22-23-20(24(18)3)27-12-14(2)25/h4-11H,12H2,1-3H3,(H,21,26). The molecule has 3 rings (SSSR count). The van der Waals surface area contributed by atoms with Crippen LogP contribution in [-0.4, -0.2) is 32.2 Å². The minimum absolute atomic E-state index is 0.0884. The van der Waals surface area contributed by atoms with Crippen LogP contribution in [-0.2, 0) is 11.8 Å². The Hall–Kier alpha value is -2.93. The molecule has 0 aliphatic rings. The number of ketones is 1. The maximum atomic E-state index is 12.5. The Bertz CT molecular complexity index is 997. The maximum absolute atomic E-state index is 12.5. The second-order valence-corrected chi connectivity index (χ2v) is 7.15. The summed E-state index contributed by atoms with van der Waals surface area (Å²) in [6.45, 7) is 3.45. The zero-order chi connectivity index (χ0) is 19.4. The Morgan fingerprint density at radius 2 is 1.89 bits per heavy atom. The van der Waals surface area contributed by atoms with E-state index in [0.29, 0.717) is 28.0 Å². The average molecular weight is 380 g/mol. The minimum Gasteiger partial charge on any atom is -0.322 e. The summed E-state index contributed by atoms with van der Waals surface area (Å²) in [5.74, 6) is 0.970. The molecule has 2 aromatic carbocycles. The summed E-state index contributed by atoms with van der Waals surface area (Å²) < 4.78 is 1.84. The van der Waals surface area contributed by atoms with Gasteiger partial charge in [0.2, 0.25) is 0 Å². The lowest BCUT2D eigenvalue weighted by atomic mass is 10.1. The number of aryl methyl sites for hydroxylation is 1. The van der Waals surface area contributed by atoms with E-state index in [2.05, 4.69) is 15.5 Å². The van der Waals surface area contributed by atoms with E-state index in [1.54, 1.807) is 13.0 Å². The number of carbonyl (C=O) groups excluding carboxylic acids is 2. The van der Waals surface area contributed by atoms with E-state index in [0.717, 1.165) is 11.1 Å². The van der Waals surface area contributed by atoms with Crippen LogP contribution in [0.15, 0.2) is 53.7 Å². The number of hydrogen-bond acceptors (Lipinski definition) is 5. The molecular formula is C20H20N4O2S. The third-order valence-corrected chi connectivity index (χ3v) is 5.17. The van der Waals surface area contributed by atoms with Crippen LogP contribution < -0.4 is 5.32 Å². The third kappa shape index (κ3) is 4.43. The Morgan fingerprint density at radius 1 is 1.11 bits per heavy atom. The number of amides is 1. The molecule has 1 amide bonds. The van der Waals surface area contributed by atoms with Gasteiger partial charge in [-0.25, -0.2) is 0 Å². The topological polar surface area (TPSA) is 76.9 Å². The van der Waals surface area contributed by atoms with Crippen molar-refractivity contribution < 1.29 is 9.59 Å². The van der Waals surface area contributed by atoms with Gasteiger partial charge in [0.1, 0.15) is 5.78 Å². The highest BCUT2D eigenvalue weighted by atomic mass is 32.2. The molecule has 0 atom stereocenters. The maximum Gasteiger partial charge on any atom is 0.255 e. The van der Waals surface area contributed by atoms with Crippen molar-refractivity contribution >= 4 is 29.1 Å². The Labute approximate surface area is 162 Å². The number of nitrogens with one attached hydrogen (secondary N) is 1. The first kappa shape index (κ1) is 18.8. The molecule has 0 fully saturated rings. The number of aromatic nitrogens is 3. The van der Waals surface area contributed by atoms with E-state index in [-0.39, 0.29) is 11.7 Å². The van der Waals surface area contributed by atoms with E-state index in [4.69, 9.17) is 0 Å². The van der Waals surface area contributed by atoms with Gasteiger partial charge < -0.3 is 9.88 Å². The summed E-state index contributed by atoms with van der Waals surface area (Å²) in [6, 6.07) is 14.9. The lowest BCUT2D eigenvalue weighted by molar-refractivity contribution is -0.114. The van der Waals surface area contributed by atoms with E-state index in [1.165, 1.54) is 11.8 Å². The Balaban J connectivity index is 1.81. The van der Waals surface area contributed by atoms with E-state index >= 15 is 0 Å². The van der Waals surface area contributed by atoms with Crippen molar-refractivity contribution in [1.82, 2.24) is 14.8 Å². The van der Waals surface area contributed by atoms with Crippen LogP contribution in [0.3, 0.4) is 0 Å². The highest BCUT2D eigenvalue weighted by molar-refractivity contribution is 7.99. The first-order chi connectivity index (χ1) is 13.0. The van der Waals surface area contributed by atoms with E-state index < -0.39 is 0 Å². The summed E-state index contributed by atoms with van der Waals surface area (Å²) in [5.41, 5.74) is 3.08. The molecule has 0 saturated heterocycles. The van der Waals surface area contributed by atoms with Gasteiger partial charge in [-0.15, -0.1) is 10.2 Å². The molecule has 138 valence electrons. The smallest absolute Gasteiger partial charge is 0.255 e. The number of benzene rings is 2.